The molecule has 1 heterocycles. The van der Waals surface area contributed by atoms with Gasteiger partial charge in [-0.3, -0.25) is 19.7 Å². The van der Waals surface area contributed by atoms with Crippen LogP contribution in [0.2, 0.25) is 0 Å². The van der Waals surface area contributed by atoms with E-state index in [0.29, 0.717) is 35.8 Å². The highest BCUT2D eigenvalue weighted by Crippen LogP contribution is 2.34. The van der Waals surface area contributed by atoms with E-state index < -0.39 is 16.9 Å². The van der Waals surface area contributed by atoms with Crippen molar-refractivity contribution in [3.05, 3.63) is 46.5 Å². The van der Waals surface area contributed by atoms with Crippen LogP contribution in [0.3, 0.4) is 0 Å². The van der Waals surface area contributed by atoms with Crippen molar-refractivity contribution in [3.8, 4) is 11.5 Å². The van der Waals surface area contributed by atoms with Crippen LogP contribution >= 0.6 is 0 Å². The van der Waals surface area contributed by atoms with Crippen LogP contribution in [0.15, 0.2) is 36.4 Å². The minimum Gasteiger partial charge on any atom is -0.496 e. The lowest BCUT2D eigenvalue weighted by atomic mass is 10.2. The summed E-state index contributed by atoms with van der Waals surface area (Å²) < 4.78 is 10.4. The number of carbonyl (C=O) groups is 2. The number of carbonyl (C=O) groups excluding carboxylic acids is 2. The summed E-state index contributed by atoms with van der Waals surface area (Å²) in [7, 11) is 2.92. The zero-order valence-corrected chi connectivity index (χ0v) is 17.5. The minimum atomic E-state index is -0.703. The molecule has 0 spiro atoms. The summed E-state index contributed by atoms with van der Waals surface area (Å²) in [5.74, 6) is 0.428. The maximum atomic E-state index is 12.6. The number of ether oxygens (including phenoxy) is 2. The molecule has 0 aromatic heterocycles. The molecule has 0 bridgehead atoms. The Bertz CT molecular complexity index is 1010. The van der Waals surface area contributed by atoms with Gasteiger partial charge in [0.25, 0.3) is 5.69 Å². The van der Waals surface area contributed by atoms with Crippen LogP contribution < -0.4 is 25.0 Å². The van der Waals surface area contributed by atoms with Crippen LogP contribution in [-0.4, -0.2) is 43.5 Å². The second-order valence-corrected chi connectivity index (χ2v) is 7.03. The van der Waals surface area contributed by atoms with Crippen LogP contribution in [0.25, 0.3) is 0 Å². The Hall–Kier alpha value is -3.82. The number of methoxy groups -OCH3 is 2. The fourth-order valence-electron chi connectivity index (χ4n) is 3.34. The Morgan fingerprint density at radius 2 is 1.97 bits per heavy atom. The van der Waals surface area contributed by atoms with E-state index in [1.165, 1.54) is 32.4 Å². The van der Waals surface area contributed by atoms with Gasteiger partial charge in [-0.1, -0.05) is 0 Å². The van der Waals surface area contributed by atoms with Gasteiger partial charge in [-0.2, -0.15) is 0 Å². The van der Waals surface area contributed by atoms with Crippen molar-refractivity contribution in [1.29, 1.82) is 0 Å². The minimum absolute atomic E-state index is 0.0489. The lowest BCUT2D eigenvalue weighted by Crippen LogP contribution is -2.32. The average Bonchev–Trinajstić information content (AvgIpc) is 3.19. The Kier molecular flexibility index (Phi) is 6.58. The standard InChI is InChI=1S/C21H24N4O6/c1-13(21(27)23-16-8-7-15(30-2)12-18(16)25(28)29)22-14-6-9-17(19(11-14)31-3)24-10-4-5-20(24)26/h6-9,11-13,22H,4-5,10H2,1-3H3,(H,23,27)/t13-/m1/s1. The van der Waals surface area contributed by atoms with E-state index in [2.05, 4.69) is 10.6 Å². The van der Waals surface area contributed by atoms with Gasteiger partial charge in [0.2, 0.25) is 11.8 Å². The first kappa shape index (κ1) is 21.9. The molecule has 1 aliphatic heterocycles. The van der Waals surface area contributed by atoms with Gasteiger partial charge in [-0.05, 0) is 37.6 Å². The van der Waals surface area contributed by atoms with Crippen molar-refractivity contribution in [2.45, 2.75) is 25.8 Å². The lowest BCUT2D eigenvalue weighted by molar-refractivity contribution is -0.384. The molecule has 0 unspecified atom stereocenters. The van der Waals surface area contributed by atoms with E-state index in [1.54, 1.807) is 30.0 Å². The van der Waals surface area contributed by atoms with E-state index in [1.807, 2.05) is 0 Å². The fourth-order valence-corrected chi connectivity index (χ4v) is 3.34. The predicted octanol–water partition coefficient (Wildman–Crippen LogP) is 3.18. The largest absolute Gasteiger partial charge is 0.496 e. The van der Waals surface area contributed by atoms with Gasteiger partial charge in [-0.15, -0.1) is 0 Å². The molecule has 10 nitrogen and oxygen atoms in total. The molecule has 1 saturated heterocycles. The van der Waals surface area contributed by atoms with Crippen molar-refractivity contribution in [3.63, 3.8) is 0 Å². The van der Waals surface area contributed by atoms with Gasteiger partial charge in [0.15, 0.2) is 0 Å². The Labute approximate surface area is 179 Å². The van der Waals surface area contributed by atoms with Gasteiger partial charge in [0, 0.05) is 24.7 Å². The topological polar surface area (TPSA) is 123 Å². The molecule has 3 rings (SSSR count). The molecule has 1 atom stereocenters. The number of nitro benzene ring substituents is 1. The first-order chi connectivity index (χ1) is 14.8. The normalized spacial score (nSPS) is 14.2. The van der Waals surface area contributed by atoms with Crippen molar-refractivity contribution in [1.82, 2.24) is 0 Å². The van der Waals surface area contributed by atoms with Gasteiger partial charge < -0.3 is 25.0 Å². The number of hydrogen-bond donors (Lipinski definition) is 2. The number of rotatable bonds is 8. The molecular weight excluding hydrogens is 404 g/mol. The Morgan fingerprint density at radius 3 is 2.58 bits per heavy atom. The average molecular weight is 428 g/mol. The zero-order chi connectivity index (χ0) is 22.5. The summed E-state index contributed by atoms with van der Waals surface area (Å²) in [5, 5.41) is 16.9. The molecule has 31 heavy (non-hydrogen) atoms. The molecule has 0 aliphatic carbocycles. The van der Waals surface area contributed by atoms with Gasteiger partial charge in [-0.25, -0.2) is 0 Å². The summed E-state index contributed by atoms with van der Waals surface area (Å²) in [5.41, 5.74) is 1.10. The van der Waals surface area contributed by atoms with Crippen LogP contribution in [0, 0.1) is 10.1 Å². The first-order valence-corrected chi connectivity index (χ1v) is 9.72. The summed E-state index contributed by atoms with van der Waals surface area (Å²) in [6.07, 6.45) is 1.31. The Morgan fingerprint density at radius 1 is 1.19 bits per heavy atom. The molecule has 0 saturated carbocycles. The molecule has 2 amide bonds. The summed E-state index contributed by atoms with van der Waals surface area (Å²) in [6.45, 7) is 2.27. The number of hydrogen-bond acceptors (Lipinski definition) is 7. The monoisotopic (exact) mass is 428 g/mol. The fraction of sp³-hybridized carbons (Fsp3) is 0.333. The van der Waals surface area contributed by atoms with E-state index in [0.717, 1.165) is 6.42 Å². The molecule has 1 aliphatic rings. The number of benzene rings is 2. The molecule has 10 heteroatoms. The number of nitro groups is 1. The van der Waals surface area contributed by atoms with Crippen LogP contribution in [0.4, 0.5) is 22.7 Å². The first-order valence-electron chi connectivity index (χ1n) is 9.72. The lowest BCUT2D eigenvalue weighted by Gasteiger charge is -2.21. The quantitative estimate of drug-likeness (QED) is 0.489. The molecule has 2 aromatic rings. The summed E-state index contributed by atoms with van der Waals surface area (Å²) in [6, 6.07) is 8.73. The molecule has 2 aromatic carbocycles. The molecule has 164 valence electrons. The number of nitrogens with one attached hydrogen (secondary N) is 2. The zero-order valence-electron chi connectivity index (χ0n) is 17.5. The van der Waals surface area contributed by atoms with Gasteiger partial charge >= 0.3 is 0 Å². The van der Waals surface area contributed by atoms with Crippen molar-refractivity contribution >= 4 is 34.6 Å². The number of nitrogens with zero attached hydrogens (tertiary/aromatic N) is 2. The maximum absolute atomic E-state index is 12.6. The SMILES string of the molecule is COc1ccc(NC(=O)[C@@H](C)Nc2ccc(N3CCCC3=O)c(OC)c2)c([N+](=O)[O-])c1. The highest BCUT2D eigenvalue weighted by molar-refractivity contribution is 5.99. The predicted molar refractivity (Wildman–Crippen MR) is 116 cm³/mol. The third kappa shape index (κ3) is 4.85. The van der Waals surface area contributed by atoms with Gasteiger partial charge in [0.05, 0.1) is 30.9 Å². The third-order valence-corrected chi connectivity index (χ3v) is 4.98. The Balaban J connectivity index is 1.73. The number of anilines is 3. The molecule has 2 N–H and O–H groups in total. The van der Waals surface area contributed by atoms with Crippen LogP contribution in [0.1, 0.15) is 19.8 Å². The highest BCUT2D eigenvalue weighted by Gasteiger charge is 2.25. The van der Waals surface area contributed by atoms with Crippen molar-refractivity contribution < 1.29 is 24.0 Å². The van der Waals surface area contributed by atoms with E-state index in [4.69, 9.17) is 9.47 Å². The molecule has 1 fully saturated rings. The van der Waals surface area contributed by atoms with E-state index in [9.17, 15) is 19.7 Å². The maximum Gasteiger partial charge on any atom is 0.296 e. The third-order valence-electron chi connectivity index (χ3n) is 4.98. The van der Waals surface area contributed by atoms with Gasteiger partial charge in [0.1, 0.15) is 23.2 Å². The second-order valence-electron chi connectivity index (χ2n) is 7.03. The number of amides is 2. The van der Waals surface area contributed by atoms with E-state index >= 15 is 0 Å². The van der Waals surface area contributed by atoms with Crippen molar-refractivity contribution in [2.75, 3.05) is 36.3 Å². The molecule has 0 radical (unpaired) electrons. The van der Waals surface area contributed by atoms with Crippen molar-refractivity contribution in [2.24, 2.45) is 0 Å². The summed E-state index contributed by atoms with van der Waals surface area (Å²) >= 11 is 0. The smallest absolute Gasteiger partial charge is 0.296 e. The van der Waals surface area contributed by atoms with E-state index in [-0.39, 0.29) is 17.3 Å². The second kappa shape index (κ2) is 9.33. The molecular formula is C21H24N4O6. The highest BCUT2D eigenvalue weighted by atomic mass is 16.6. The van der Waals surface area contributed by atoms with Crippen LogP contribution in [0.5, 0.6) is 11.5 Å². The van der Waals surface area contributed by atoms with Crippen LogP contribution in [-0.2, 0) is 9.59 Å². The summed E-state index contributed by atoms with van der Waals surface area (Å²) in [4.78, 5) is 37.0.